The van der Waals surface area contributed by atoms with Gasteiger partial charge in [-0.1, -0.05) is 0 Å². The molecule has 2 aromatic rings. The van der Waals surface area contributed by atoms with E-state index in [1.807, 2.05) is 0 Å². The van der Waals surface area contributed by atoms with Crippen LogP contribution in [0.1, 0.15) is 5.69 Å². The van der Waals surface area contributed by atoms with Gasteiger partial charge in [0.1, 0.15) is 11.6 Å². The summed E-state index contributed by atoms with van der Waals surface area (Å²) in [4.78, 5) is 6.75. The first kappa shape index (κ1) is 9.79. The molecule has 3 nitrogen and oxygen atoms in total. The molecule has 0 bridgehead atoms. The summed E-state index contributed by atoms with van der Waals surface area (Å²) >= 11 is 0. The molecule has 2 rings (SSSR count). The zero-order valence-electron chi connectivity index (χ0n) is 7.80. The van der Waals surface area contributed by atoms with Crippen LogP contribution in [0.25, 0.3) is 11.3 Å². The lowest BCUT2D eigenvalue weighted by Crippen LogP contribution is -1.99. The van der Waals surface area contributed by atoms with Gasteiger partial charge >= 0.3 is 0 Å². The van der Waals surface area contributed by atoms with Crippen molar-refractivity contribution < 1.29 is 8.78 Å². The van der Waals surface area contributed by atoms with Crippen LogP contribution >= 0.6 is 0 Å². The van der Waals surface area contributed by atoms with Gasteiger partial charge in [0.2, 0.25) is 0 Å². The van der Waals surface area contributed by atoms with Crippen molar-refractivity contribution in [1.82, 2.24) is 9.97 Å². The molecule has 0 aliphatic rings. The summed E-state index contributed by atoms with van der Waals surface area (Å²) in [5.41, 5.74) is 6.74. The molecular weight excluding hydrogens is 200 g/mol. The average molecular weight is 209 g/mol. The van der Waals surface area contributed by atoms with E-state index in [0.717, 1.165) is 6.07 Å². The van der Waals surface area contributed by atoms with Gasteiger partial charge in [0, 0.05) is 18.2 Å². The van der Waals surface area contributed by atoms with E-state index in [1.54, 1.807) is 0 Å². The highest BCUT2D eigenvalue weighted by Crippen LogP contribution is 2.23. The molecule has 5 heteroatoms. The Morgan fingerprint density at radius 2 is 2.13 bits per heavy atom. The summed E-state index contributed by atoms with van der Waals surface area (Å²) in [6, 6.07) is 3.36. The van der Waals surface area contributed by atoms with Crippen molar-refractivity contribution in [3.8, 4) is 11.3 Å². The maximum absolute atomic E-state index is 13.4. The second-order valence-corrected chi connectivity index (χ2v) is 3.06. The minimum atomic E-state index is -0.642. The normalized spacial score (nSPS) is 10.6. The van der Waals surface area contributed by atoms with Gasteiger partial charge in [-0.3, -0.25) is 0 Å². The van der Waals surface area contributed by atoms with Crippen LogP contribution in [0, 0.1) is 11.6 Å². The maximum Gasteiger partial charge on any atom is 0.135 e. The van der Waals surface area contributed by atoms with E-state index in [-0.39, 0.29) is 12.1 Å². The predicted molar refractivity (Wildman–Crippen MR) is 51.8 cm³/mol. The van der Waals surface area contributed by atoms with Crippen molar-refractivity contribution >= 4 is 0 Å². The molecule has 78 valence electrons. The Balaban J connectivity index is 2.54. The number of rotatable bonds is 2. The molecule has 0 saturated carbocycles. The highest BCUT2D eigenvalue weighted by atomic mass is 19.1. The van der Waals surface area contributed by atoms with E-state index in [9.17, 15) is 8.78 Å². The third-order valence-electron chi connectivity index (χ3n) is 2.11. The number of H-pyrrole nitrogens is 1. The molecule has 0 aliphatic heterocycles. The lowest BCUT2D eigenvalue weighted by molar-refractivity contribution is 0.585. The van der Waals surface area contributed by atoms with Gasteiger partial charge in [-0.2, -0.15) is 0 Å². The number of imidazole rings is 1. The number of aromatic nitrogens is 2. The monoisotopic (exact) mass is 209 g/mol. The molecule has 0 fully saturated rings. The Kier molecular flexibility index (Phi) is 2.47. The fourth-order valence-electron chi connectivity index (χ4n) is 1.39. The van der Waals surface area contributed by atoms with E-state index < -0.39 is 11.6 Å². The third kappa shape index (κ3) is 1.73. The lowest BCUT2D eigenvalue weighted by atomic mass is 10.1. The topological polar surface area (TPSA) is 54.7 Å². The quantitative estimate of drug-likeness (QED) is 0.792. The Labute approximate surface area is 85.0 Å². The Bertz CT molecular complexity index is 479. The molecule has 15 heavy (non-hydrogen) atoms. The SMILES string of the molecule is NCc1[nH]cnc1-c1ccc(F)cc1F. The maximum atomic E-state index is 13.4. The smallest absolute Gasteiger partial charge is 0.135 e. The van der Waals surface area contributed by atoms with Crippen LogP contribution in [-0.2, 0) is 6.54 Å². The zero-order chi connectivity index (χ0) is 10.8. The van der Waals surface area contributed by atoms with Crippen LogP contribution in [0.4, 0.5) is 8.78 Å². The van der Waals surface area contributed by atoms with Crippen molar-refractivity contribution in [1.29, 1.82) is 0 Å². The van der Waals surface area contributed by atoms with Crippen LogP contribution in [0.2, 0.25) is 0 Å². The molecule has 0 aliphatic carbocycles. The number of benzene rings is 1. The van der Waals surface area contributed by atoms with Crippen LogP contribution in [0.3, 0.4) is 0 Å². The van der Waals surface area contributed by atoms with E-state index in [4.69, 9.17) is 5.73 Å². The van der Waals surface area contributed by atoms with Gasteiger partial charge in [-0.05, 0) is 12.1 Å². The first-order valence-corrected chi connectivity index (χ1v) is 4.40. The molecular formula is C10H9F2N3. The summed E-state index contributed by atoms with van der Waals surface area (Å²) in [5.74, 6) is -1.25. The van der Waals surface area contributed by atoms with Crippen LogP contribution in [-0.4, -0.2) is 9.97 Å². The summed E-state index contributed by atoms with van der Waals surface area (Å²) in [6.45, 7) is 0.228. The molecule has 0 atom stereocenters. The highest BCUT2D eigenvalue weighted by Gasteiger charge is 2.12. The molecule has 1 heterocycles. The Morgan fingerprint density at radius 1 is 1.33 bits per heavy atom. The zero-order valence-corrected chi connectivity index (χ0v) is 7.80. The summed E-state index contributed by atoms with van der Waals surface area (Å²) in [5, 5.41) is 0. The molecule has 1 aromatic heterocycles. The molecule has 0 amide bonds. The van der Waals surface area contributed by atoms with Gasteiger partial charge in [-0.15, -0.1) is 0 Å². The number of hydrogen-bond acceptors (Lipinski definition) is 2. The predicted octanol–water partition coefficient (Wildman–Crippen LogP) is 1.81. The van der Waals surface area contributed by atoms with Crippen LogP contribution in [0.15, 0.2) is 24.5 Å². The van der Waals surface area contributed by atoms with Crippen molar-refractivity contribution in [3.63, 3.8) is 0 Å². The molecule has 1 aromatic carbocycles. The number of nitrogens with zero attached hydrogens (tertiary/aromatic N) is 1. The number of halogens is 2. The standard InChI is InChI=1S/C10H9F2N3/c11-6-1-2-7(8(12)3-6)10-9(4-13)14-5-15-10/h1-3,5H,4,13H2,(H,14,15). The van der Waals surface area contributed by atoms with E-state index in [2.05, 4.69) is 9.97 Å². The fourth-order valence-corrected chi connectivity index (χ4v) is 1.39. The largest absolute Gasteiger partial charge is 0.347 e. The van der Waals surface area contributed by atoms with Gasteiger partial charge < -0.3 is 10.7 Å². The number of nitrogens with two attached hydrogens (primary N) is 1. The minimum Gasteiger partial charge on any atom is -0.347 e. The second-order valence-electron chi connectivity index (χ2n) is 3.06. The average Bonchev–Trinajstić information content (AvgIpc) is 2.65. The number of hydrogen-bond donors (Lipinski definition) is 2. The molecule has 3 N–H and O–H groups in total. The van der Waals surface area contributed by atoms with E-state index >= 15 is 0 Å². The molecule has 0 unspecified atom stereocenters. The van der Waals surface area contributed by atoms with Crippen molar-refractivity contribution in [2.45, 2.75) is 6.54 Å². The van der Waals surface area contributed by atoms with E-state index in [0.29, 0.717) is 11.4 Å². The van der Waals surface area contributed by atoms with Gasteiger partial charge in [0.15, 0.2) is 0 Å². The number of aromatic amines is 1. The Morgan fingerprint density at radius 3 is 2.80 bits per heavy atom. The number of nitrogens with one attached hydrogen (secondary N) is 1. The molecule has 0 saturated heterocycles. The molecule has 0 spiro atoms. The first-order chi connectivity index (χ1) is 7.22. The minimum absolute atomic E-state index is 0.228. The van der Waals surface area contributed by atoms with Crippen molar-refractivity contribution in [2.24, 2.45) is 5.73 Å². The third-order valence-corrected chi connectivity index (χ3v) is 2.11. The summed E-state index contributed by atoms with van der Waals surface area (Å²) in [7, 11) is 0. The summed E-state index contributed by atoms with van der Waals surface area (Å²) < 4.78 is 26.1. The van der Waals surface area contributed by atoms with Gasteiger partial charge in [-0.25, -0.2) is 13.8 Å². The summed E-state index contributed by atoms with van der Waals surface area (Å²) in [6.07, 6.45) is 1.43. The fraction of sp³-hybridized carbons (Fsp3) is 0.100. The van der Waals surface area contributed by atoms with Crippen molar-refractivity contribution in [2.75, 3.05) is 0 Å². The highest BCUT2D eigenvalue weighted by molar-refractivity contribution is 5.62. The van der Waals surface area contributed by atoms with Crippen LogP contribution in [0.5, 0.6) is 0 Å². The Hall–Kier alpha value is -1.75. The molecule has 0 radical (unpaired) electrons. The van der Waals surface area contributed by atoms with E-state index in [1.165, 1.54) is 18.5 Å². The van der Waals surface area contributed by atoms with Crippen LogP contribution < -0.4 is 5.73 Å². The second kappa shape index (κ2) is 3.78. The lowest BCUT2D eigenvalue weighted by Gasteiger charge is -2.02. The first-order valence-electron chi connectivity index (χ1n) is 4.40. The van der Waals surface area contributed by atoms with Gasteiger partial charge in [0.05, 0.1) is 17.7 Å². The van der Waals surface area contributed by atoms with Crippen molar-refractivity contribution in [3.05, 3.63) is 41.9 Å². The van der Waals surface area contributed by atoms with Gasteiger partial charge in [0.25, 0.3) is 0 Å².